The lowest BCUT2D eigenvalue weighted by Crippen LogP contribution is -2.59. The van der Waals surface area contributed by atoms with Gasteiger partial charge in [0.2, 0.25) is 17.7 Å². The van der Waals surface area contributed by atoms with Crippen molar-refractivity contribution in [1.29, 1.82) is 0 Å². The Hall–Kier alpha value is -9.93. The van der Waals surface area contributed by atoms with E-state index in [1.54, 1.807) is 0 Å². The standard InChI is InChI=1S/C44H53N5O7.C38H42N4O6/c1-6-14-34(37(54-5)40(51)45-28-21-22-28)46-39(50)36-24-44(23-35(48-56-44)27-15-8-7-9-16-27)26-49(36)41(52)38(43(2,3)4)47-42(53)55-25-33-31-19-12-10-17-29(31)30-18-11-13-20-32(30)33;1-3-11-31(34(46-2)36(44)39-25-18-19-25)40-35(43)33-21-38(20-32(41-48-38)24-12-5-4-6-13-24)23-42(33)37(45)47-22-30-28-16-9-7-14-26(28)27-15-8-10-17-29(27)30/h7-13,15-20,28,33-34,36-38H,6,14,21-26H2,1-5H3,(H,45,51)(H,46,50)(H,47,53);4-10,12-17,25,30-31,33-34H,3,11,18-23H2,1-2H3,(H,39,44)(H,40,43)/t34-,36-,37?,38+,44+;31-,33-,34?,38+/m00/s1. The van der Waals surface area contributed by atoms with Crippen molar-refractivity contribution in [2.45, 2.75) is 189 Å². The zero-order chi connectivity index (χ0) is 72.9. The van der Waals surface area contributed by atoms with Crippen LogP contribution < -0.4 is 26.6 Å². The average molecular weight is 1410 g/mol. The Morgan fingerprint density at radius 3 is 1.27 bits per heavy atom. The van der Waals surface area contributed by atoms with Crippen molar-refractivity contribution in [1.82, 2.24) is 36.4 Å². The third kappa shape index (κ3) is 15.8. The van der Waals surface area contributed by atoms with Gasteiger partial charge in [-0.2, -0.15) is 0 Å². The number of hydrogen-bond donors (Lipinski definition) is 5. The maximum Gasteiger partial charge on any atom is 0.410 e. The molecule has 0 radical (unpaired) electrons. The van der Waals surface area contributed by atoms with E-state index < -0.39 is 83.0 Å². The highest BCUT2D eigenvalue weighted by atomic mass is 16.7. The molecular formula is C82H95N9O13. The van der Waals surface area contributed by atoms with E-state index in [1.165, 1.54) is 24.0 Å². The minimum absolute atomic E-state index is 0.0665. The first-order valence-corrected chi connectivity index (χ1v) is 36.7. The van der Waals surface area contributed by atoms with Gasteiger partial charge in [0.1, 0.15) is 31.3 Å². The molecule has 8 aliphatic rings. The summed E-state index contributed by atoms with van der Waals surface area (Å²) in [5.41, 5.74) is 9.57. The van der Waals surface area contributed by atoms with E-state index >= 15 is 0 Å². The van der Waals surface area contributed by atoms with Crippen LogP contribution in [0.5, 0.6) is 0 Å². The molecule has 22 heteroatoms. The normalized spacial score (nSPS) is 22.0. The van der Waals surface area contributed by atoms with Gasteiger partial charge in [0.25, 0.3) is 11.8 Å². The van der Waals surface area contributed by atoms with E-state index in [0.717, 1.165) is 99.2 Å². The molecule has 9 atom stereocenters. The topological polar surface area (TPSA) is 266 Å². The Morgan fingerprint density at radius 1 is 0.510 bits per heavy atom. The summed E-state index contributed by atoms with van der Waals surface area (Å²) in [5, 5.41) is 23.9. The Labute approximate surface area is 607 Å². The zero-order valence-corrected chi connectivity index (χ0v) is 60.3. The number of methoxy groups -OCH3 is 2. The number of carbonyl (C=O) groups excluding carboxylic acids is 7. The number of rotatable bonds is 24. The monoisotopic (exact) mass is 1410 g/mol. The number of nitrogens with zero attached hydrogens (tertiary/aromatic N) is 4. The predicted molar refractivity (Wildman–Crippen MR) is 392 cm³/mol. The van der Waals surface area contributed by atoms with Crippen molar-refractivity contribution in [3.05, 3.63) is 191 Å². The number of benzene rings is 6. The van der Waals surface area contributed by atoms with E-state index in [0.29, 0.717) is 32.1 Å². The van der Waals surface area contributed by atoms with Crippen molar-refractivity contribution >= 4 is 53.1 Å². The first-order valence-electron chi connectivity index (χ1n) is 36.7. The molecule has 104 heavy (non-hydrogen) atoms. The summed E-state index contributed by atoms with van der Waals surface area (Å²) < 4.78 is 23.2. The van der Waals surface area contributed by atoms with Gasteiger partial charge in [0, 0.05) is 63.8 Å². The van der Waals surface area contributed by atoms with Gasteiger partial charge in [-0.3, -0.25) is 28.9 Å². The highest BCUT2D eigenvalue weighted by molar-refractivity contribution is 6.03. The first kappa shape index (κ1) is 72.4. The van der Waals surface area contributed by atoms with Crippen molar-refractivity contribution in [3.8, 4) is 22.3 Å². The molecule has 6 aromatic carbocycles. The number of alkyl carbamates (subject to hydrolysis) is 1. The second kappa shape index (κ2) is 31.2. The number of amides is 7. The first-order chi connectivity index (χ1) is 50.3. The molecule has 2 saturated heterocycles. The van der Waals surface area contributed by atoms with Gasteiger partial charge in [-0.05, 0) is 99.6 Å². The SMILES string of the molecule is CCC[C@H](NC(=O)[C@@H]1C[C@]2(CC(c3ccccc3)=NO2)CN1C(=O)OCC1c2ccccc2-c2ccccc21)C(OC)C(=O)NC1CC1.CCC[C@H](NC(=O)[C@@H]1C[C@]2(CC(c3ccccc3)=NO2)CN1C(=O)[C@@H](NC(=O)OCC1c2ccccc2-c2ccccc21)C(C)(C)C)C(OC)C(=O)NC1CC1. The van der Waals surface area contributed by atoms with Crippen LogP contribution in [0.3, 0.4) is 0 Å². The van der Waals surface area contributed by atoms with Crippen molar-refractivity contribution < 1.29 is 62.2 Å². The lowest BCUT2D eigenvalue weighted by atomic mass is 9.85. The number of ether oxygens (including phenoxy) is 4. The number of hydrogen-bond acceptors (Lipinski definition) is 15. The second-order valence-electron chi connectivity index (χ2n) is 30.0. The third-order valence-electron chi connectivity index (χ3n) is 21.3. The van der Waals surface area contributed by atoms with E-state index in [9.17, 15) is 33.6 Å². The van der Waals surface area contributed by atoms with Gasteiger partial charge in [-0.25, -0.2) is 9.59 Å². The van der Waals surface area contributed by atoms with Gasteiger partial charge < -0.3 is 60.1 Å². The Balaban J connectivity index is 0.000000187. The number of likely N-dealkylation sites (tertiary alicyclic amines) is 2. The number of nitrogens with one attached hydrogen (secondary N) is 5. The molecule has 22 nitrogen and oxygen atoms in total. The summed E-state index contributed by atoms with van der Waals surface area (Å²) in [5.74, 6) is -2.04. The lowest BCUT2D eigenvalue weighted by molar-refractivity contribution is -0.143. The molecular weight excluding hydrogens is 1320 g/mol. The summed E-state index contributed by atoms with van der Waals surface area (Å²) in [7, 11) is 2.94. The van der Waals surface area contributed by atoms with Crippen LogP contribution in [-0.4, -0.2) is 169 Å². The van der Waals surface area contributed by atoms with E-state index in [1.807, 2.05) is 144 Å². The van der Waals surface area contributed by atoms with Crippen LogP contribution in [0.15, 0.2) is 168 Å². The van der Waals surface area contributed by atoms with Crippen LogP contribution in [0.25, 0.3) is 22.3 Å². The second-order valence-corrected chi connectivity index (χ2v) is 30.0. The zero-order valence-electron chi connectivity index (χ0n) is 60.3. The van der Waals surface area contributed by atoms with Gasteiger partial charge in [0.05, 0.1) is 36.6 Å². The molecule has 2 spiro atoms. The molecule has 0 bridgehead atoms. The van der Waals surface area contributed by atoms with Crippen molar-refractivity contribution in [2.75, 3.05) is 40.5 Å². The minimum Gasteiger partial charge on any atom is -0.449 e. The van der Waals surface area contributed by atoms with Crippen LogP contribution >= 0.6 is 0 Å². The van der Waals surface area contributed by atoms with E-state index in [2.05, 4.69) is 85.4 Å². The number of carbonyl (C=O) groups is 7. The highest BCUT2D eigenvalue weighted by Gasteiger charge is 2.57. The molecule has 546 valence electrons. The van der Waals surface area contributed by atoms with Crippen LogP contribution in [0.4, 0.5) is 9.59 Å². The maximum atomic E-state index is 14.9. The largest absolute Gasteiger partial charge is 0.449 e. The maximum absolute atomic E-state index is 14.9. The molecule has 14 rings (SSSR count). The molecule has 0 aromatic heterocycles. The molecule has 2 saturated carbocycles. The minimum atomic E-state index is -1.05. The van der Waals surface area contributed by atoms with Crippen LogP contribution in [0.1, 0.15) is 157 Å². The molecule has 6 aromatic rings. The molecule has 7 amide bonds. The van der Waals surface area contributed by atoms with Crippen LogP contribution in [0, 0.1) is 5.41 Å². The lowest BCUT2D eigenvalue weighted by Gasteiger charge is -2.35. The smallest absolute Gasteiger partial charge is 0.410 e. The van der Waals surface area contributed by atoms with E-state index in [4.69, 9.17) is 28.6 Å². The third-order valence-corrected chi connectivity index (χ3v) is 21.3. The fourth-order valence-corrected chi connectivity index (χ4v) is 15.7. The van der Waals surface area contributed by atoms with E-state index in [-0.39, 0.29) is 80.8 Å². The fourth-order valence-electron chi connectivity index (χ4n) is 15.7. The Morgan fingerprint density at radius 2 is 0.885 bits per heavy atom. The predicted octanol–water partition coefficient (Wildman–Crippen LogP) is 10.8. The van der Waals surface area contributed by atoms with Crippen LogP contribution in [0.2, 0.25) is 0 Å². The van der Waals surface area contributed by atoms with Gasteiger partial charge >= 0.3 is 12.2 Å². The highest BCUT2D eigenvalue weighted by Crippen LogP contribution is 2.47. The van der Waals surface area contributed by atoms with Gasteiger partial charge in [0.15, 0.2) is 23.4 Å². The van der Waals surface area contributed by atoms with Crippen LogP contribution in [-0.2, 0) is 52.6 Å². The molecule has 4 heterocycles. The van der Waals surface area contributed by atoms with Crippen molar-refractivity contribution in [2.24, 2.45) is 15.7 Å². The Bertz CT molecular complexity index is 4120. The van der Waals surface area contributed by atoms with Crippen molar-refractivity contribution in [3.63, 3.8) is 0 Å². The summed E-state index contributed by atoms with van der Waals surface area (Å²) >= 11 is 0. The summed E-state index contributed by atoms with van der Waals surface area (Å²) in [6.07, 6.45) is 4.28. The number of oxime groups is 2. The molecule has 5 N–H and O–H groups in total. The molecule has 4 fully saturated rings. The van der Waals surface area contributed by atoms with Gasteiger partial charge in [-0.15, -0.1) is 0 Å². The molecule has 4 aliphatic heterocycles. The summed E-state index contributed by atoms with van der Waals surface area (Å²) in [6.45, 7) is 9.97. The Kier molecular flexibility index (Phi) is 21.7. The fraction of sp³-hybridized carbons (Fsp3) is 0.451. The molecule has 4 aliphatic carbocycles. The summed E-state index contributed by atoms with van der Waals surface area (Å²) in [4.78, 5) is 113. The molecule has 2 unspecified atom stereocenters. The quantitative estimate of drug-likeness (QED) is 0.0378. The van der Waals surface area contributed by atoms with Gasteiger partial charge in [-0.1, -0.05) is 215 Å². The average Bonchev–Trinajstić information content (AvgIpc) is 1.63. The number of fused-ring (bicyclic) bond motifs is 6. The summed E-state index contributed by atoms with van der Waals surface area (Å²) in [6, 6.07) is 48.1.